The van der Waals surface area contributed by atoms with E-state index < -0.39 is 11.6 Å². The molecule has 0 unspecified atom stereocenters. The van der Waals surface area contributed by atoms with Gasteiger partial charge in [-0.05, 0) is 58.5 Å². The minimum absolute atomic E-state index is 0.0725. The average molecular weight is 626 g/mol. The van der Waals surface area contributed by atoms with Gasteiger partial charge in [-0.25, -0.2) is 10.4 Å². The van der Waals surface area contributed by atoms with Gasteiger partial charge in [0.1, 0.15) is 5.75 Å². The summed E-state index contributed by atoms with van der Waals surface area (Å²) in [6.45, 7) is 1.05. The fourth-order valence-corrected chi connectivity index (χ4v) is 5.77. The molecule has 0 spiro atoms. The second-order valence-electron chi connectivity index (χ2n) is 11.6. The van der Waals surface area contributed by atoms with Crippen LogP contribution in [-0.2, 0) is 22.4 Å². The molecular formula is C40H39N3O4. The van der Waals surface area contributed by atoms with Crippen molar-refractivity contribution in [2.24, 2.45) is 4.99 Å². The molecule has 7 heteroatoms. The number of hydrogen-bond donors (Lipinski definition) is 3. The van der Waals surface area contributed by atoms with E-state index in [9.17, 15) is 4.79 Å². The quantitative estimate of drug-likeness (QED) is 0.0971. The fourth-order valence-electron chi connectivity index (χ4n) is 5.77. The molecule has 5 aromatic rings. The van der Waals surface area contributed by atoms with Gasteiger partial charge < -0.3 is 14.6 Å². The highest BCUT2D eigenvalue weighted by Gasteiger charge is 2.53. The van der Waals surface area contributed by atoms with Crippen molar-refractivity contribution in [2.45, 2.75) is 30.9 Å². The lowest BCUT2D eigenvalue weighted by Crippen LogP contribution is -2.54. The first kappa shape index (κ1) is 31.7. The van der Waals surface area contributed by atoms with Crippen molar-refractivity contribution in [1.82, 2.24) is 10.9 Å². The van der Waals surface area contributed by atoms with Crippen molar-refractivity contribution in [3.63, 3.8) is 0 Å². The van der Waals surface area contributed by atoms with Gasteiger partial charge in [-0.1, -0.05) is 115 Å². The van der Waals surface area contributed by atoms with Crippen molar-refractivity contribution < 1.29 is 19.4 Å². The number of nitrogens with one attached hydrogen (secondary N) is 2. The molecule has 0 radical (unpaired) electrons. The van der Waals surface area contributed by atoms with Crippen LogP contribution in [0.3, 0.4) is 0 Å². The maximum absolute atomic E-state index is 14.4. The topological polar surface area (TPSA) is 92.2 Å². The molecule has 0 saturated carbocycles. The van der Waals surface area contributed by atoms with Crippen LogP contribution in [0.2, 0.25) is 0 Å². The maximum atomic E-state index is 14.4. The van der Waals surface area contributed by atoms with Crippen LogP contribution >= 0.6 is 0 Å². The number of hydrogen-bond acceptors (Lipinski definition) is 6. The van der Waals surface area contributed by atoms with Crippen LogP contribution in [-0.4, -0.2) is 42.2 Å². The number of amides is 1. The van der Waals surface area contributed by atoms with Gasteiger partial charge >= 0.3 is 0 Å². The predicted octanol–water partition coefficient (Wildman–Crippen LogP) is 6.48. The third-order valence-corrected chi connectivity index (χ3v) is 8.25. The Kier molecular flexibility index (Phi) is 10.4. The van der Waals surface area contributed by atoms with E-state index in [2.05, 4.69) is 47.2 Å². The molecule has 0 aliphatic carbocycles. The number of aliphatic hydroxyl groups is 1. The lowest BCUT2D eigenvalue weighted by Gasteiger charge is -2.31. The molecule has 2 atom stereocenters. The van der Waals surface area contributed by atoms with Gasteiger partial charge in [0.25, 0.3) is 5.91 Å². The highest BCUT2D eigenvalue weighted by Crippen LogP contribution is 2.43. The van der Waals surface area contributed by atoms with Crippen molar-refractivity contribution in [3.05, 3.63) is 162 Å². The van der Waals surface area contributed by atoms with E-state index in [1.165, 1.54) is 5.56 Å². The summed E-state index contributed by atoms with van der Waals surface area (Å²) in [5.41, 5.74) is 10.8. The molecule has 5 aromatic carbocycles. The number of ether oxygens (including phenoxy) is 2. The molecule has 6 rings (SSSR count). The van der Waals surface area contributed by atoms with Gasteiger partial charge in [-0.15, -0.1) is 0 Å². The van der Waals surface area contributed by atoms with Crippen LogP contribution in [0.25, 0.3) is 11.1 Å². The first-order valence-corrected chi connectivity index (χ1v) is 16.0. The zero-order valence-electron chi connectivity index (χ0n) is 26.2. The fraction of sp³-hybridized carbons (Fsp3) is 0.200. The van der Waals surface area contributed by atoms with Gasteiger partial charge in [0.15, 0.2) is 11.6 Å². The molecule has 0 saturated heterocycles. The smallest absolute Gasteiger partial charge is 0.266 e. The van der Waals surface area contributed by atoms with E-state index in [1.807, 2.05) is 103 Å². The van der Waals surface area contributed by atoms with Crippen LogP contribution in [0.1, 0.15) is 34.8 Å². The third kappa shape index (κ3) is 7.77. The first-order chi connectivity index (χ1) is 23.1. The first-order valence-electron chi connectivity index (χ1n) is 16.0. The van der Waals surface area contributed by atoms with Crippen molar-refractivity contribution in [3.8, 4) is 16.9 Å². The summed E-state index contributed by atoms with van der Waals surface area (Å²) in [7, 11) is 0. The summed E-state index contributed by atoms with van der Waals surface area (Å²) in [6, 6.07) is 45.9. The summed E-state index contributed by atoms with van der Waals surface area (Å²) < 4.78 is 12.4. The second kappa shape index (κ2) is 15.4. The number of hydrazine groups is 1. The molecule has 1 aliphatic rings. The van der Waals surface area contributed by atoms with E-state index in [4.69, 9.17) is 19.6 Å². The van der Waals surface area contributed by atoms with Crippen LogP contribution in [0, 0.1) is 0 Å². The summed E-state index contributed by atoms with van der Waals surface area (Å²) in [4.78, 5) is 19.6. The lowest BCUT2D eigenvalue weighted by atomic mass is 9.82. The Morgan fingerprint density at radius 1 is 0.745 bits per heavy atom. The summed E-state index contributed by atoms with van der Waals surface area (Å²) >= 11 is 0. The normalized spacial score (nSPS) is 17.0. The molecule has 1 amide bonds. The van der Waals surface area contributed by atoms with E-state index in [-0.39, 0.29) is 12.5 Å². The van der Waals surface area contributed by atoms with Gasteiger partial charge in [0.2, 0.25) is 5.90 Å². The van der Waals surface area contributed by atoms with E-state index in [1.54, 1.807) is 0 Å². The monoisotopic (exact) mass is 625 g/mol. The number of carbonyl (C=O) groups excluding carboxylic acids is 1. The molecule has 1 heterocycles. The molecule has 238 valence electrons. The van der Waals surface area contributed by atoms with Crippen LogP contribution in [0.15, 0.2) is 145 Å². The number of carbonyl (C=O) groups is 1. The van der Waals surface area contributed by atoms with Crippen molar-refractivity contribution in [1.29, 1.82) is 0 Å². The third-order valence-electron chi connectivity index (χ3n) is 8.25. The van der Waals surface area contributed by atoms with Crippen LogP contribution < -0.4 is 15.6 Å². The number of aliphatic hydroxyl groups excluding tert-OH is 1. The van der Waals surface area contributed by atoms with E-state index in [0.717, 1.165) is 34.2 Å². The summed E-state index contributed by atoms with van der Waals surface area (Å²) in [5.74, 6) is 0.801. The molecular weight excluding hydrogens is 586 g/mol. The number of aliphatic imine (C=N–C) groups is 1. The second-order valence-corrected chi connectivity index (χ2v) is 11.6. The molecule has 0 bridgehead atoms. The number of benzene rings is 5. The zero-order chi connectivity index (χ0) is 32.3. The highest BCUT2D eigenvalue weighted by atomic mass is 16.5. The van der Waals surface area contributed by atoms with Crippen LogP contribution in [0.4, 0.5) is 0 Å². The molecule has 7 nitrogen and oxygen atoms in total. The lowest BCUT2D eigenvalue weighted by molar-refractivity contribution is -0.130. The minimum Gasteiger partial charge on any atom is -0.494 e. The Hall–Kier alpha value is -5.24. The van der Waals surface area contributed by atoms with E-state index >= 15 is 0 Å². The van der Waals surface area contributed by atoms with Crippen LogP contribution in [0.5, 0.6) is 5.75 Å². The highest BCUT2D eigenvalue weighted by molar-refractivity contribution is 6.01. The van der Waals surface area contributed by atoms with Gasteiger partial charge in [-0.3, -0.25) is 10.2 Å². The Morgan fingerprint density at radius 2 is 1.34 bits per heavy atom. The zero-order valence-corrected chi connectivity index (χ0v) is 26.2. The SMILES string of the molecule is O=C(NNCCc1ccccc1)[C@@]1(Cc2ccccc2)N=C(c2ccc(OCCCO)cc2)O[C@H]1c1ccc(-c2ccccc2)cc1. The Morgan fingerprint density at radius 3 is 2.00 bits per heavy atom. The standard InChI is InChI=1S/C40H39N3O4/c44-27-10-28-46-36-23-21-35(22-24-36)38-42-40(29-31-13-6-2-7-14-31,39(45)43-41-26-25-30-11-4-1-5-12-30)37(47-38)34-19-17-33(18-20-34)32-15-8-3-9-16-32/h1-9,11-24,37,41,44H,10,25-29H2,(H,43,45)/t37-,40-/m0/s1. The summed E-state index contributed by atoms with van der Waals surface area (Å²) in [6.07, 6.45) is 0.948. The Labute approximate surface area is 275 Å². The van der Waals surface area contributed by atoms with Gasteiger partial charge in [-0.2, -0.15) is 0 Å². The summed E-state index contributed by atoms with van der Waals surface area (Å²) in [5, 5.41) is 9.09. The number of nitrogens with zero attached hydrogens (tertiary/aromatic N) is 1. The predicted molar refractivity (Wildman–Crippen MR) is 185 cm³/mol. The Bertz CT molecular complexity index is 1750. The van der Waals surface area contributed by atoms with Crippen molar-refractivity contribution >= 4 is 11.8 Å². The van der Waals surface area contributed by atoms with Crippen molar-refractivity contribution in [2.75, 3.05) is 19.8 Å². The molecule has 0 aromatic heterocycles. The van der Waals surface area contributed by atoms with Gasteiger partial charge in [0, 0.05) is 31.6 Å². The maximum Gasteiger partial charge on any atom is 0.266 e. The molecule has 1 aliphatic heterocycles. The van der Waals surface area contributed by atoms with Gasteiger partial charge in [0.05, 0.1) is 6.61 Å². The van der Waals surface area contributed by atoms with E-state index in [0.29, 0.717) is 37.6 Å². The molecule has 3 N–H and O–H groups in total. The Balaban J connectivity index is 1.34. The number of rotatable bonds is 14. The molecule has 0 fully saturated rings. The molecule has 47 heavy (non-hydrogen) atoms. The minimum atomic E-state index is -1.30. The average Bonchev–Trinajstić information content (AvgIpc) is 3.52. The largest absolute Gasteiger partial charge is 0.494 e.